The van der Waals surface area contributed by atoms with E-state index in [0.717, 1.165) is 0 Å². The minimum Gasteiger partial charge on any atom is -0.0622 e. The van der Waals surface area contributed by atoms with Crippen LogP contribution in [-0.2, 0) is 0 Å². The van der Waals surface area contributed by atoms with Crippen LogP contribution in [0, 0.1) is 0 Å². The summed E-state index contributed by atoms with van der Waals surface area (Å²) in [6.45, 7) is 0. The molecule has 1 heteroatoms. The van der Waals surface area contributed by atoms with Crippen molar-refractivity contribution in [1.82, 2.24) is 0 Å². The highest BCUT2D eigenvalue weighted by molar-refractivity contribution is 7.79. The summed E-state index contributed by atoms with van der Waals surface area (Å²) in [6, 6.07) is 53.1. The minimum absolute atomic E-state index is 0.446. The van der Waals surface area contributed by atoms with Crippen molar-refractivity contribution in [1.29, 1.82) is 0 Å². The fourth-order valence-electron chi connectivity index (χ4n) is 3.44. The van der Waals surface area contributed by atoms with Crippen molar-refractivity contribution < 1.29 is 0 Å². The second kappa shape index (κ2) is 11.1. The molecule has 0 nitrogen and oxygen atoms in total. The zero-order chi connectivity index (χ0) is 21.1. The lowest BCUT2D eigenvalue weighted by Gasteiger charge is -2.18. The molecule has 5 rings (SSSR count). The van der Waals surface area contributed by atoms with E-state index in [1.165, 1.54) is 27.0 Å². The first-order chi connectivity index (χ1) is 15.4. The lowest BCUT2D eigenvalue weighted by molar-refractivity contribution is 1.62. The number of rotatable bonds is 4. The molecular formula is C30H25P. The molecule has 0 bridgehead atoms. The molecule has 0 aliphatic carbocycles. The van der Waals surface area contributed by atoms with Crippen LogP contribution in [0.25, 0.3) is 11.1 Å². The van der Waals surface area contributed by atoms with Gasteiger partial charge in [0.05, 0.1) is 0 Å². The average molecular weight is 417 g/mol. The number of hydrogen-bond acceptors (Lipinski definition) is 0. The van der Waals surface area contributed by atoms with Gasteiger partial charge in [-0.2, -0.15) is 0 Å². The van der Waals surface area contributed by atoms with E-state index in [0.29, 0.717) is 0 Å². The van der Waals surface area contributed by atoms with E-state index < -0.39 is 7.92 Å². The van der Waals surface area contributed by atoms with Crippen LogP contribution in [0.5, 0.6) is 0 Å². The third kappa shape index (κ3) is 5.79. The predicted molar refractivity (Wildman–Crippen MR) is 137 cm³/mol. The first kappa shape index (κ1) is 20.8. The zero-order valence-electron chi connectivity index (χ0n) is 17.4. The molecule has 0 saturated heterocycles. The molecule has 31 heavy (non-hydrogen) atoms. The summed E-state index contributed by atoms with van der Waals surface area (Å²) in [6.07, 6.45) is 0. The van der Waals surface area contributed by atoms with Gasteiger partial charge in [0.2, 0.25) is 0 Å². The Balaban J connectivity index is 0.000000166. The number of hydrogen-bond donors (Lipinski definition) is 0. The highest BCUT2D eigenvalue weighted by atomic mass is 31.1. The van der Waals surface area contributed by atoms with E-state index in [1.807, 2.05) is 12.1 Å². The molecule has 0 N–H and O–H groups in total. The minimum atomic E-state index is -0.446. The molecular weight excluding hydrogens is 391 g/mol. The van der Waals surface area contributed by atoms with Crippen molar-refractivity contribution >= 4 is 23.8 Å². The Morgan fingerprint density at radius 1 is 0.258 bits per heavy atom. The quantitative estimate of drug-likeness (QED) is 0.283. The molecule has 5 aromatic rings. The first-order valence-corrected chi connectivity index (χ1v) is 11.8. The fourth-order valence-corrected chi connectivity index (χ4v) is 5.74. The van der Waals surface area contributed by atoms with E-state index >= 15 is 0 Å². The Bertz CT molecular complexity index is 1010. The summed E-state index contributed by atoms with van der Waals surface area (Å²) in [5, 5.41) is 4.19. The van der Waals surface area contributed by atoms with Crippen molar-refractivity contribution in [3.63, 3.8) is 0 Å². The van der Waals surface area contributed by atoms with E-state index in [4.69, 9.17) is 0 Å². The van der Waals surface area contributed by atoms with Crippen LogP contribution in [0.2, 0.25) is 0 Å². The lowest BCUT2D eigenvalue weighted by atomic mass is 10.1. The summed E-state index contributed by atoms with van der Waals surface area (Å²) < 4.78 is 0. The van der Waals surface area contributed by atoms with Crippen molar-refractivity contribution in [2.75, 3.05) is 0 Å². The molecule has 0 saturated carbocycles. The van der Waals surface area contributed by atoms with Gasteiger partial charge >= 0.3 is 0 Å². The maximum Gasteiger partial charge on any atom is -0.0134 e. The van der Waals surface area contributed by atoms with Crippen molar-refractivity contribution in [3.8, 4) is 11.1 Å². The van der Waals surface area contributed by atoms with Gasteiger partial charge in [-0.15, -0.1) is 0 Å². The van der Waals surface area contributed by atoms with Gasteiger partial charge in [-0.05, 0) is 35.0 Å². The third-order valence-corrected chi connectivity index (χ3v) is 7.37. The van der Waals surface area contributed by atoms with Gasteiger partial charge in [0.15, 0.2) is 0 Å². The Labute approximate surface area is 186 Å². The Morgan fingerprint density at radius 3 is 0.742 bits per heavy atom. The molecule has 0 atom stereocenters. The smallest absolute Gasteiger partial charge is 0.0134 e. The lowest BCUT2D eigenvalue weighted by Crippen LogP contribution is -2.20. The molecule has 0 unspecified atom stereocenters. The molecule has 5 aromatic carbocycles. The van der Waals surface area contributed by atoms with Gasteiger partial charge in [0, 0.05) is 0 Å². The Hall–Kier alpha value is -3.47. The van der Waals surface area contributed by atoms with Gasteiger partial charge in [0.1, 0.15) is 0 Å². The van der Waals surface area contributed by atoms with Crippen LogP contribution in [0.4, 0.5) is 0 Å². The van der Waals surface area contributed by atoms with E-state index in [9.17, 15) is 0 Å². The monoisotopic (exact) mass is 416 g/mol. The summed E-state index contributed by atoms with van der Waals surface area (Å²) in [4.78, 5) is 0. The molecule has 0 heterocycles. The average Bonchev–Trinajstić information content (AvgIpc) is 2.88. The van der Waals surface area contributed by atoms with Gasteiger partial charge in [-0.3, -0.25) is 0 Å². The van der Waals surface area contributed by atoms with E-state index in [-0.39, 0.29) is 0 Å². The molecule has 0 fully saturated rings. The largest absolute Gasteiger partial charge is 0.0622 e. The maximum atomic E-state index is 2.23. The SMILES string of the molecule is c1ccc(-c2ccccc2)cc1.c1ccc(P(c2ccccc2)c2ccccc2)cc1. The topological polar surface area (TPSA) is 0 Å². The fraction of sp³-hybridized carbons (Fsp3) is 0. The molecule has 0 aromatic heterocycles. The van der Waals surface area contributed by atoms with Gasteiger partial charge < -0.3 is 0 Å². The summed E-state index contributed by atoms with van der Waals surface area (Å²) in [7, 11) is -0.446. The van der Waals surface area contributed by atoms with Crippen molar-refractivity contribution in [3.05, 3.63) is 152 Å². The highest BCUT2D eigenvalue weighted by Gasteiger charge is 2.14. The molecule has 150 valence electrons. The Morgan fingerprint density at radius 2 is 0.484 bits per heavy atom. The molecule has 0 aliphatic heterocycles. The normalized spacial score (nSPS) is 10.2. The standard InChI is InChI=1S/C18H15P.C12H10/c1-4-10-16(11-5-1)19(17-12-6-2-7-13-17)18-14-8-3-9-15-18;1-3-7-11(8-4-1)12-9-5-2-6-10-12/h1-15H;1-10H. The van der Waals surface area contributed by atoms with E-state index in [1.54, 1.807) is 0 Å². The van der Waals surface area contributed by atoms with Crippen LogP contribution >= 0.6 is 7.92 Å². The van der Waals surface area contributed by atoms with Crippen LogP contribution in [-0.4, -0.2) is 0 Å². The Kier molecular flexibility index (Phi) is 7.42. The second-order valence-electron chi connectivity index (χ2n) is 7.07. The van der Waals surface area contributed by atoms with Crippen LogP contribution in [0.3, 0.4) is 0 Å². The van der Waals surface area contributed by atoms with Gasteiger partial charge in [-0.1, -0.05) is 152 Å². The maximum absolute atomic E-state index is 2.23. The van der Waals surface area contributed by atoms with Crippen LogP contribution in [0.1, 0.15) is 0 Å². The predicted octanol–water partition coefficient (Wildman–Crippen LogP) is 6.80. The molecule has 0 spiro atoms. The van der Waals surface area contributed by atoms with Crippen LogP contribution in [0.15, 0.2) is 152 Å². The van der Waals surface area contributed by atoms with E-state index in [2.05, 4.69) is 140 Å². The highest BCUT2D eigenvalue weighted by Crippen LogP contribution is 2.32. The molecule has 0 radical (unpaired) electrons. The zero-order valence-corrected chi connectivity index (χ0v) is 18.3. The number of benzene rings is 5. The van der Waals surface area contributed by atoms with Crippen LogP contribution < -0.4 is 15.9 Å². The van der Waals surface area contributed by atoms with Crippen molar-refractivity contribution in [2.45, 2.75) is 0 Å². The summed E-state index contributed by atoms with van der Waals surface area (Å²) in [5.41, 5.74) is 2.55. The third-order valence-electron chi connectivity index (χ3n) is 4.92. The molecule has 0 amide bonds. The van der Waals surface area contributed by atoms with Crippen molar-refractivity contribution in [2.24, 2.45) is 0 Å². The summed E-state index contributed by atoms with van der Waals surface area (Å²) in [5.74, 6) is 0. The van der Waals surface area contributed by atoms with Gasteiger partial charge in [0.25, 0.3) is 0 Å². The summed E-state index contributed by atoms with van der Waals surface area (Å²) >= 11 is 0. The van der Waals surface area contributed by atoms with Gasteiger partial charge in [-0.25, -0.2) is 0 Å². The second-order valence-corrected chi connectivity index (χ2v) is 9.29. The molecule has 0 aliphatic rings. The first-order valence-electron chi connectivity index (χ1n) is 10.5.